The average Bonchev–Trinajstić information content (AvgIpc) is 2.56. The van der Waals surface area contributed by atoms with E-state index in [9.17, 15) is 18.5 Å². The van der Waals surface area contributed by atoms with E-state index >= 15 is 0 Å². The molecular formula is C8H12N4O4S. The zero-order valence-corrected chi connectivity index (χ0v) is 10.3. The van der Waals surface area contributed by atoms with Gasteiger partial charge in [-0.1, -0.05) is 6.92 Å². The van der Waals surface area contributed by atoms with E-state index in [2.05, 4.69) is 4.99 Å². The smallest absolute Gasteiger partial charge is 0.352 e. The Labute approximate surface area is 98.6 Å². The minimum absolute atomic E-state index is 0.0603. The van der Waals surface area contributed by atoms with E-state index in [1.807, 2.05) is 0 Å². The minimum Gasteiger partial charge on any atom is -0.352 e. The van der Waals surface area contributed by atoms with Crippen LogP contribution in [0, 0.1) is 21.4 Å². The van der Waals surface area contributed by atoms with Crippen molar-refractivity contribution in [2.75, 3.05) is 25.1 Å². The van der Waals surface area contributed by atoms with Crippen LogP contribution in [0.5, 0.6) is 0 Å². The number of hydrogen-bond acceptors (Lipinski definition) is 7. The molecule has 0 aromatic heterocycles. The number of aliphatic imine (C=N–C) groups is 1. The van der Waals surface area contributed by atoms with Gasteiger partial charge in [-0.2, -0.15) is 10.3 Å². The van der Waals surface area contributed by atoms with E-state index in [1.165, 1.54) is 24.9 Å². The van der Waals surface area contributed by atoms with Gasteiger partial charge in [-0.05, 0) is 0 Å². The minimum atomic E-state index is -3.32. The molecule has 0 fully saturated rings. The van der Waals surface area contributed by atoms with E-state index in [4.69, 9.17) is 5.26 Å². The molecule has 1 aliphatic rings. The first-order valence-electron chi connectivity index (χ1n) is 4.82. The Morgan fingerprint density at radius 3 is 2.65 bits per heavy atom. The second-order valence-electron chi connectivity index (χ2n) is 3.75. The molecule has 1 atom stereocenters. The van der Waals surface area contributed by atoms with Crippen LogP contribution in [0.4, 0.5) is 0 Å². The third-order valence-corrected chi connectivity index (χ3v) is 4.06. The molecule has 0 N–H and O–H groups in total. The quantitative estimate of drug-likeness (QED) is 0.485. The molecule has 0 aromatic carbocycles. The molecule has 9 heteroatoms. The molecule has 8 nitrogen and oxygen atoms in total. The number of likely N-dealkylation sites (N-methyl/N-ethyl adjacent to an activating group) is 1. The molecule has 0 saturated carbocycles. The zero-order valence-electron chi connectivity index (χ0n) is 9.45. The Bertz CT molecular complexity index is 506. The van der Waals surface area contributed by atoms with E-state index in [1.54, 1.807) is 0 Å². The van der Waals surface area contributed by atoms with Crippen molar-refractivity contribution in [1.82, 2.24) is 4.90 Å². The van der Waals surface area contributed by atoms with Gasteiger partial charge in [-0.25, -0.2) is 8.42 Å². The standard InChI is InChI=1S/C8H12N4O4S/c1-3-17(15,16)4-7-10-8(5-9,12(13)14)6-11(7)2/h3-4,6H2,1-2H3. The molecule has 0 aromatic rings. The van der Waals surface area contributed by atoms with Crippen LogP contribution in [0.1, 0.15) is 6.92 Å². The van der Waals surface area contributed by atoms with Crippen molar-refractivity contribution in [2.24, 2.45) is 4.99 Å². The maximum absolute atomic E-state index is 11.4. The number of nitriles is 1. The SMILES string of the molecule is CCS(=O)(=O)CC1=NC(C#N)([N+](=O)[O-])CN1C. The maximum atomic E-state index is 11.4. The molecule has 0 spiro atoms. The Kier molecular flexibility index (Phi) is 3.38. The molecule has 0 bridgehead atoms. The Morgan fingerprint density at radius 1 is 1.71 bits per heavy atom. The van der Waals surface area contributed by atoms with Crippen molar-refractivity contribution < 1.29 is 13.3 Å². The first kappa shape index (κ1) is 13.4. The fourth-order valence-corrected chi connectivity index (χ4v) is 2.28. The van der Waals surface area contributed by atoms with Gasteiger partial charge in [0.1, 0.15) is 18.1 Å². The second-order valence-corrected chi connectivity index (χ2v) is 6.10. The van der Waals surface area contributed by atoms with Crippen molar-refractivity contribution in [2.45, 2.75) is 12.6 Å². The summed E-state index contributed by atoms with van der Waals surface area (Å²) in [6, 6.07) is 1.52. The van der Waals surface area contributed by atoms with Crippen LogP contribution in [0.3, 0.4) is 0 Å². The summed E-state index contributed by atoms with van der Waals surface area (Å²) in [6.07, 6.45) is 0. The van der Waals surface area contributed by atoms with E-state index in [-0.39, 0.29) is 23.9 Å². The van der Waals surface area contributed by atoms with E-state index in [0.29, 0.717) is 0 Å². The first-order chi connectivity index (χ1) is 7.76. The number of hydrogen-bond donors (Lipinski definition) is 0. The summed E-state index contributed by atoms with van der Waals surface area (Å²) >= 11 is 0. The maximum Gasteiger partial charge on any atom is 0.418 e. The highest BCUT2D eigenvalue weighted by molar-refractivity contribution is 7.92. The summed E-state index contributed by atoms with van der Waals surface area (Å²) in [4.78, 5) is 15.0. The Balaban J connectivity index is 3.07. The number of sulfone groups is 1. The molecule has 1 unspecified atom stereocenters. The molecule has 1 heterocycles. The highest BCUT2D eigenvalue weighted by Crippen LogP contribution is 2.20. The molecule has 1 rings (SSSR count). The Hall–Kier alpha value is -1.69. The second kappa shape index (κ2) is 4.29. The van der Waals surface area contributed by atoms with Gasteiger partial charge >= 0.3 is 5.66 Å². The van der Waals surface area contributed by atoms with Crippen LogP contribution >= 0.6 is 0 Å². The normalized spacial score (nSPS) is 24.3. The van der Waals surface area contributed by atoms with E-state index < -0.39 is 20.4 Å². The van der Waals surface area contributed by atoms with Crippen molar-refractivity contribution in [3.63, 3.8) is 0 Å². The highest BCUT2D eigenvalue weighted by atomic mass is 32.2. The first-order valence-corrected chi connectivity index (χ1v) is 6.64. The van der Waals surface area contributed by atoms with Gasteiger partial charge < -0.3 is 4.90 Å². The number of rotatable bonds is 4. The van der Waals surface area contributed by atoms with Gasteiger partial charge in [0.15, 0.2) is 15.9 Å². The summed E-state index contributed by atoms with van der Waals surface area (Å²) in [5.74, 6) is -0.389. The highest BCUT2D eigenvalue weighted by Gasteiger charge is 2.50. The van der Waals surface area contributed by atoms with E-state index in [0.717, 1.165) is 0 Å². The molecule has 1 aliphatic heterocycles. The summed E-state index contributed by atoms with van der Waals surface area (Å²) in [5, 5.41) is 19.6. The average molecular weight is 260 g/mol. The summed E-state index contributed by atoms with van der Waals surface area (Å²) < 4.78 is 22.8. The molecule has 94 valence electrons. The Morgan fingerprint density at radius 2 is 2.29 bits per heavy atom. The molecule has 0 saturated heterocycles. The van der Waals surface area contributed by atoms with Gasteiger partial charge in [0.05, 0.1) is 4.92 Å². The van der Waals surface area contributed by atoms with Crippen LogP contribution in [0.15, 0.2) is 4.99 Å². The molecule has 17 heavy (non-hydrogen) atoms. The monoisotopic (exact) mass is 260 g/mol. The molecule has 0 amide bonds. The van der Waals surface area contributed by atoms with Crippen LogP contribution in [0.2, 0.25) is 0 Å². The lowest BCUT2D eigenvalue weighted by molar-refractivity contribution is -0.547. The van der Waals surface area contributed by atoms with Crippen LogP contribution in [-0.2, 0) is 9.84 Å². The lowest BCUT2D eigenvalue weighted by Crippen LogP contribution is -2.40. The van der Waals surface area contributed by atoms with Gasteiger partial charge in [-0.15, -0.1) is 0 Å². The number of nitrogens with zero attached hydrogens (tertiary/aromatic N) is 4. The van der Waals surface area contributed by atoms with Crippen molar-refractivity contribution in [1.29, 1.82) is 5.26 Å². The predicted molar refractivity (Wildman–Crippen MR) is 59.7 cm³/mol. The molecule has 0 radical (unpaired) electrons. The fraction of sp³-hybridized carbons (Fsp3) is 0.750. The number of nitro groups is 1. The lowest BCUT2D eigenvalue weighted by atomic mass is 10.2. The van der Waals surface area contributed by atoms with Crippen molar-refractivity contribution in [3.05, 3.63) is 10.1 Å². The third-order valence-electron chi connectivity index (χ3n) is 2.48. The molecular weight excluding hydrogens is 248 g/mol. The largest absolute Gasteiger partial charge is 0.418 e. The van der Waals surface area contributed by atoms with Crippen molar-refractivity contribution >= 4 is 15.7 Å². The van der Waals surface area contributed by atoms with Crippen molar-refractivity contribution in [3.8, 4) is 6.07 Å². The summed E-state index contributed by atoms with van der Waals surface area (Å²) in [5.41, 5.74) is -2.08. The predicted octanol–water partition coefficient (Wildman–Crippen LogP) is -0.738. The van der Waals surface area contributed by atoms with Gasteiger partial charge in [0.2, 0.25) is 0 Å². The van der Waals surface area contributed by atoms with Crippen LogP contribution in [-0.4, -0.2) is 54.8 Å². The third kappa shape index (κ3) is 2.52. The van der Waals surface area contributed by atoms with Gasteiger partial charge in [0.25, 0.3) is 0 Å². The lowest BCUT2D eigenvalue weighted by Gasteiger charge is -2.13. The summed E-state index contributed by atoms with van der Waals surface area (Å²) in [7, 11) is -1.85. The zero-order chi connectivity index (χ0) is 13.3. The van der Waals surface area contributed by atoms with Gasteiger partial charge in [-0.3, -0.25) is 10.1 Å². The van der Waals surface area contributed by atoms with Crippen LogP contribution < -0.4 is 0 Å². The molecule has 0 aliphatic carbocycles. The van der Waals surface area contributed by atoms with Gasteiger partial charge in [0, 0.05) is 12.8 Å². The summed E-state index contributed by atoms with van der Waals surface area (Å²) in [6.45, 7) is 1.25. The van der Waals surface area contributed by atoms with Crippen LogP contribution in [0.25, 0.3) is 0 Å². The fourth-order valence-electron chi connectivity index (χ4n) is 1.40. The topological polar surface area (TPSA) is 117 Å². The number of amidine groups is 1.